The Bertz CT molecular complexity index is 1050. The van der Waals surface area contributed by atoms with Crippen LogP contribution in [-0.2, 0) is 10.2 Å². The van der Waals surface area contributed by atoms with E-state index in [9.17, 15) is 4.79 Å². The molecule has 6 nitrogen and oxygen atoms in total. The first-order valence-electron chi connectivity index (χ1n) is 11.9. The van der Waals surface area contributed by atoms with Gasteiger partial charge in [-0.05, 0) is 55.1 Å². The molecule has 0 saturated heterocycles. The van der Waals surface area contributed by atoms with Gasteiger partial charge < -0.3 is 24.3 Å². The summed E-state index contributed by atoms with van der Waals surface area (Å²) >= 11 is 0. The Morgan fingerprint density at radius 2 is 1.46 bits per heavy atom. The quantitative estimate of drug-likeness (QED) is 0.298. The fraction of sp³-hybridized carbons (Fsp3) is 0.345. The van der Waals surface area contributed by atoms with Gasteiger partial charge in [0.2, 0.25) is 5.75 Å². The van der Waals surface area contributed by atoms with Gasteiger partial charge in [0, 0.05) is 5.41 Å². The van der Waals surface area contributed by atoms with Gasteiger partial charge in [0.25, 0.3) is 0 Å². The number of carbonyl (C=O) groups excluding carboxylic acids is 1. The highest BCUT2D eigenvalue weighted by Gasteiger charge is 2.55. The van der Waals surface area contributed by atoms with Gasteiger partial charge in [-0.2, -0.15) is 0 Å². The van der Waals surface area contributed by atoms with E-state index in [2.05, 4.69) is 66.0 Å². The largest absolute Gasteiger partial charge is 0.493 e. The number of esters is 1. The monoisotopic (exact) mass is 475 g/mol. The molecule has 0 heterocycles. The molecule has 1 unspecified atom stereocenters. The third kappa shape index (κ3) is 5.28. The van der Waals surface area contributed by atoms with Gasteiger partial charge in [0.05, 0.1) is 33.5 Å². The van der Waals surface area contributed by atoms with Gasteiger partial charge in [0.15, 0.2) is 11.5 Å². The third-order valence-corrected chi connectivity index (χ3v) is 6.71. The maximum absolute atomic E-state index is 12.5. The van der Waals surface area contributed by atoms with Crippen LogP contribution in [0, 0.1) is 5.92 Å². The molecular formula is C29H33NO5. The number of benzene rings is 3. The molecular weight excluding hydrogens is 442 g/mol. The van der Waals surface area contributed by atoms with Crippen LogP contribution >= 0.6 is 0 Å². The molecule has 1 fully saturated rings. The average molecular weight is 476 g/mol. The molecule has 35 heavy (non-hydrogen) atoms. The van der Waals surface area contributed by atoms with Crippen LogP contribution in [0.3, 0.4) is 0 Å². The second-order valence-electron chi connectivity index (χ2n) is 8.71. The molecule has 0 bridgehead atoms. The van der Waals surface area contributed by atoms with Crippen molar-refractivity contribution in [3.63, 3.8) is 0 Å². The van der Waals surface area contributed by atoms with Gasteiger partial charge in [0.1, 0.15) is 0 Å². The van der Waals surface area contributed by atoms with Crippen molar-refractivity contribution in [2.75, 3.05) is 41.0 Å². The van der Waals surface area contributed by atoms with E-state index in [1.807, 2.05) is 0 Å². The average Bonchev–Trinajstić information content (AvgIpc) is 3.65. The Kier molecular flexibility index (Phi) is 7.93. The lowest BCUT2D eigenvalue weighted by atomic mass is 9.86. The normalized spacial score (nSPS) is 15.8. The molecule has 184 valence electrons. The van der Waals surface area contributed by atoms with E-state index in [1.54, 1.807) is 12.1 Å². The predicted molar refractivity (Wildman–Crippen MR) is 136 cm³/mol. The van der Waals surface area contributed by atoms with E-state index in [0.29, 0.717) is 35.3 Å². The van der Waals surface area contributed by atoms with Crippen LogP contribution in [0.4, 0.5) is 0 Å². The minimum absolute atomic E-state index is 0.0778. The highest BCUT2D eigenvalue weighted by molar-refractivity contribution is 5.91. The lowest BCUT2D eigenvalue weighted by Crippen LogP contribution is -2.24. The maximum atomic E-state index is 12.5. The number of hydrogen-bond donors (Lipinski definition) is 1. The summed E-state index contributed by atoms with van der Waals surface area (Å²) in [5.74, 6) is 1.40. The fourth-order valence-electron chi connectivity index (χ4n) is 4.84. The van der Waals surface area contributed by atoms with Crippen molar-refractivity contribution in [1.82, 2.24) is 5.32 Å². The van der Waals surface area contributed by atoms with Gasteiger partial charge in [-0.1, -0.05) is 60.7 Å². The van der Waals surface area contributed by atoms with E-state index in [4.69, 9.17) is 18.9 Å². The predicted octanol–water partition coefficient (Wildman–Crippen LogP) is 4.86. The van der Waals surface area contributed by atoms with Crippen LogP contribution in [0.15, 0.2) is 72.8 Å². The van der Waals surface area contributed by atoms with Crippen molar-refractivity contribution in [3.05, 3.63) is 89.5 Å². The summed E-state index contributed by atoms with van der Waals surface area (Å²) in [5, 5.41) is 3.56. The molecule has 4 rings (SSSR count). The minimum atomic E-state index is -0.418. The number of hydrogen-bond acceptors (Lipinski definition) is 6. The molecule has 1 aliphatic carbocycles. The molecule has 1 atom stereocenters. The van der Waals surface area contributed by atoms with Gasteiger partial charge in [-0.15, -0.1) is 0 Å². The summed E-state index contributed by atoms with van der Waals surface area (Å²) in [7, 11) is 4.56. The molecule has 1 N–H and O–H groups in total. The van der Waals surface area contributed by atoms with Crippen LogP contribution in [0.1, 0.15) is 34.3 Å². The maximum Gasteiger partial charge on any atom is 0.338 e. The minimum Gasteiger partial charge on any atom is -0.493 e. The zero-order valence-corrected chi connectivity index (χ0v) is 20.6. The third-order valence-electron chi connectivity index (χ3n) is 6.71. The lowest BCUT2D eigenvalue weighted by Gasteiger charge is -2.19. The van der Waals surface area contributed by atoms with Crippen LogP contribution in [0.2, 0.25) is 0 Å². The molecule has 0 aromatic heterocycles. The second-order valence-corrected chi connectivity index (χ2v) is 8.71. The van der Waals surface area contributed by atoms with Crippen molar-refractivity contribution in [1.29, 1.82) is 0 Å². The molecule has 0 amide bonds. The van der Waals surface area contributed by atoms with Crippen molar-refractivity contribution in [2.24, 2.45) is 5.92 Å². The van der Waals surface area contributed by atoms with Crippen LogP contribution in [0.25, 0.3) is 0 Å². The SMILES string of the molecule is COc1cc(C(=O)OCCCNCC2CC2(c2ccccc2)c2ccccc2)cc(OC)c1OC. The molecule has 0 radical (unpaired) electrons. The molecule has 1 saturated carbocycles. The molecule has 3 aromatic rings. The van der Waals surface area contributed by atoms with E-state index >= 15 is 0 Å². The molecule has 1 aliphatic rings. The van der Waals surface area contributed by atoms with Crippen molar-refractivity contribution in [2.45, 2.75) is 18.3 Å². The Morgan fingerprint density at radius 3 is 1.97 bits per heavy atom. The number of carbonyl (C=O) groups is 1. The Balaban J connectivity index is 1.26. The van der Waals surface area contributed by atoms with Gasteiger partial charge in [-0.25, -0.2) is 4.79 Å². The van der Waals surface area contributed by atoms with Crippen molar-refractivity contribution < 1.29 is 23.7 Å². The zero-order chi connectivity index (χ0) is 24.7. The van der Waals surface area contributed by atoms with Crippen molar-refractivity contribution in [3.8, 4) is 17.2 Å². The lowest BCUT2D eigenvalue weighted by molar-refractivity contribution is 0.0499. The smallest absolute Gasteiger partial charge is 0.338 e. The highest BCUT2D eigenvalue weighted by atomic mass is 16.5. The van der Waals surface area contributed by atoms with Crippen LogP contribution < -0.4 is 19.5 Å². The van der Waals surface area contributed by atoms with Crippen LogP contribution in [0.5, 0.6) is 17.2 Å². The molecule has 3 aromatic carbocycles. The second kappa shape index (κ2) is 11.3. The topological polar surface area (TPSA) is 66.0 Å². The first-order chi connectivity index (χ1) is 17.1. The first-order valence-corrected chi connectivity index (χ1v) is 11.9. The first kappa shape index (κ1) is 24.6. The zero-order valence-electron chi connectivity index (χ0n) is 20.6. The van der Waals surface area contributed by atoms with Crippen molar-refractivity contribution >= 4 is 5.97 Å². The summed E-state index contributed by atoms with van der Waals surface area (Å²) in [4.78, 5) is 12.5. The van der Waals surface area contributed by atoms with E-state index in [1.165, 1.54) is 32.5 Å². The van der Waals surface area contributed by atoms with Gasteiger partial charge >= 0.3 is 5.97 Å². The Morgan fingerprint density at radius 1 is 0.886 bits per heavy atom. The van der Waals surface area contributed by atoms with E-state index in [0.717, 1.165) is 25.9 Å². The Labute approximate surface area is 207 Å². The Hall–Kier alpha value is -3.51. The number of ether oxygens (including phenoxy) is 4. The standard InChI is InChI=1S/C29H33NO5/c1-32-25-17-21(18-26(33-2)27(25)34-3)28(31)35-16-10-15-30-20-24-19-29(24,22-11-6-4-7-12-22)23-13-8-5-9-14-23/h4-9,11-14,17-18,24,30H,10,15-16,19-20H2,1-3H3. The highest BCUT2D eigenvalue weighted by Crippen LogP contribution is 2.58. The summed E-state index contributed by atoms with van der Waals surface area (Å²) in [6.45, 7) is 2.03. The van der Waals surface area contributed by atoms with Crippen LogP contribution in [-0.4, -0.2) is 47.0 Å². The summed E-state index contributed by atoms with van der Waals surface area (Å²) < 4.78 is 21.4. The molecule has 0 aliphatic heterocycles. The summed E-state index contributed by atoms with van der Waals surface area (Å²) in [6.07, 6.45) is 1.86. The summed E-state index contributed by atoms with van der Waals surface area (Å²) in [6, 6.07) is 24.7. The number of methoxy groups -OCH3 is 3. The summed E-state index contributed by atoms with van der Waals surface area (Å²) in [5.41, 5.74) is 3.18. The number of nitrogens with one attached hydrogen (secondary N) is 1. The number of rotatable bonds is 12. The van der Waals surface area contributed by atoms with E-state index in [-0.39, 0.29) is 5.41 Å². The fourth-order valence-corrected chi connectivity index (χ4v) is 4.84. The molecule has 6 heteroatoms. The van der Waals surface area contributed by atoms with E-state index < -0.39 is 5.97 Å². The van der Waals surface area contributed by atoms with Gasteiger partial charge in [-0.3, -0.25) is 0 Å². The molecule has 0 spiro atoms.